The van der Waals surface area contributed by atoms with Gasteiger partial charge in [-0.25, -0.2) is 4.79 Å². The zero-order valence-corrected chi connectivity index (χ0v) is 11.4. The molecule has 116 valence electrons. The van der Waals surface area contributed by atoms with Gasteiger partial charge in [0.1, 0.15) is 6.54 Å². The fraction of sp³-hybridized carbons (Fsp3) is 0.385. The number of alkyl halides is 3. The minimum Gasteiger partial charge on any atom is -0.347 e. The van der Waals surface area contributed by atoms with E-state index in [1.54, 1.807) is 36.5 Å². The Morgan fingerprint density at radius 3 is 2.24 bits per heavy atom. The summed E-state index contributed by atoms with van der Waals surface area (Å²) in [6.45, 7) is 0.925. The Labute approximate surface area is 119 Å². The fourth-order valence-electron chi connectivity index (χ4n) is 1.49. The summed E-state index contributed by atoms with van der Waals surface area (Å²) in [6, 6.07) is 5.92. The van der Waals surface area contributed by atoms with Crippen molar-refractivity contribution < 1.29 is 22.8 Å². The SMILES string of the molecule is CCNC(=O)Nc1ccc(CC(=O)NCC(F)(F)F)cc1. The van der Waals surface area contributed by atoms with Crippen LogP contribution in [0.2, 0.25) is 0 Å². The first-order valence-electron chi connectivity index (χ1n) is 6.27. The van der Waals surface area contributed by atoms with E-state index in [0.29, 0.717) is 17.8 Å². The Morgan fingerprint density at radius 1 is 1.10 bits per heavy atom. The van der Waals surface area contributed by atoms with E-state index in [1.807, 2.05) is 0 Å². The molecule has 0 aliphatic carbocycles. The van der Waals surface area contributed by atoms with Crippen LogP contribution in [0, 0.1) is 0 Å². The summed E-state index contributed by atoms with van der Waals surface area (Å²) in [4.78, 5) is 22.6. The van der Waals surface area contributed by atoms with Crippen molar-refractivity contribution in [2.24, 2.45) is 0 Å². The molecule has 3 amide bonds. The predicted molar refractivity (Wildman–Crippen MR) is 71.9 cm³/mol. The summed E-state index contributed by atoms with van der Waals surface area (Å²) >= 11 is 0. The molecule has 0 spiro atoms. The first kappa shape index (κ1) is 16.8. The number of carbonyl (C=O) groups is 2. The van der Waals surface area contributed by atoms with Crippen LogP contribution in [0.1, 0.15) is 12.5 Å². The van der Waals surface area contributed by atoms with Crippen LogP contribution in [0.25, 0.3) is 0 Å². The molecule has 5 nitrogen and oxygen atoms in total. The lowest BCUT2D eigenvalue weighted by atomic mass is 10.1. The van der Waals surface area contributed by atoms with Crippen LogP contribution in [0.4, 0.5) is 23.7 Å². The van der Waals surface area contributed by atoms with E-state index in [9.17, 15) is 22.8 Å². The summed E-state index contributed by atoms with van der Waals surface area (Å²) in [6.07, 6.45) is -4.58. The highest BCUT2D eigenvalue weighted by molar-refractivity contribution is 5.89. The maximum atomic E-state index is 11.9. The largest absolute Gasteiger partial charge is 0.405 e. The van der Waals surface area contributed by atoms with Gasteiger partial charge >= 0.3 is 12.2 Å². The quantitative estimate of drug-likeness (QED) is 0.779. The van der Waals surface area contributed by atoms with E-state index in [2.05, 4.69) is 10.6 Å². The molecule has 1 aromatic rings. The highest BCUT2D eigenvalue weighted by Gasteiger charge is 2.27. The van der Waals surface area contributed by atoms with Gasteiger partial charge in [-0.2, -0.15) is 13.2 Å². The number of amides is 3. The van der Waals surface area contributed by atoms with E-state index in [4.69, 9.17) is 0 Å². The second-order valence-corrected chi connectivity index (χ2v) is 4.25. The van der Waals surface area contributed by atoms with Crippen molar-refractivity contribution in [3.63, 3.8) is 0 Å². The Morgan fingerprint density at radius 2 is 1.71 bits per heavy atom. The van der Waals surface area contributed by atoms with Crippen LogP contribution < -0.4 is 16.0 Å². The molecule has 1 aromatic carbocycles. The number of nitrogens with one attached hydrogen (secondary N) is 3. The maximum Gasteiger partial charge on any atom is 0.405 e. The lowest BCUT2D eigenvalue weighted by Gasteiger charge is -2.09. The number of rotatable bonds is 5. The van der Waals surface area contributed by atoms with Crippen LogP contribution in [0.5, 0.6) is 0 Å². The number of halogens is 3. The molecule has 0 saturated heterocycles. The summed E-state index contributed by atoms with van der Waals surface area (Å²) in [5.74, 6) is -0.711. The summed E-state index contributed by atoms with van der Waals surface area (Å²) in [5, 5.41) is 6.91. The molecule has 0 aromatic heterocycles. The van der Waals surface area contributed by atoms with Crippen molar-refractivity contribution >= 4 is 17.6 Å². The van der Waals surface area contributed by atoms with Gasteiger partial charge in [-0.15, -0.1) is 0 Å². The molecule has 0 saturated carbocycles. The number of hydrogen-bond donors (Lipinski definition) is 3. The molecule has 0 heterocycles. The minimum absolute atomic E-state index is 0.155. The van der Waals surface area contributed by atoms with E-state index in [0.717, 1.165) is 0 Å². The lowest BCUT2D eigenvalue weighted by Crippen LogP contribution is -2.34. The third-order valence-electron chi connectivity index (χ3n) is 2.40. The molecule has 0 aliphatic heterocycles. The normalized spacial score (nSPS) is 10.9. The third kappa shape index (κ3) is 7.19. The molecule has 0 fully saturated rings. The number of benzene rings is 1. The maximum absolute atomic E-state index is 11.9. The summed E-state index contributed by atoms with van der Waals surface area (Å²) in [5.41, 5.74) is 1.08. The van der Waals surface area contributed by atoms with Crippen molar-refractivity contribution in [2.45, 2.75) is 19.5 Å². The lowest BCUT2D eigenvalue weighted by molar-refractivity contribution is -0.138. The van der Waals surface area contributed by atoms with Gasteiger partial charge in [-0.05, 0) is 24.6 Å². The highest BCUT2D eigenvalue weighted by atomic mass is 19.4. The zero-order chi connectivity index (χ0) is 15.9. The Balaban J connectivity index is 2.47. The van der Waals surface area contributed by atoms with Crippen molar-refractivity contribution in [1.82, 2.24) is 10.6 Å². The van der Waals surface area contributed by atoms with Crippen LogP contribution >= 0.6 is 0 Å². The van der Waals surface area contributed by atoms with Gasteiger partial charge in [0, 0.05) is 12.2 Å². The average molecular weight is 303 g/mol. The van der Waals surface area contributed by atoms with Gasteiger partial charge in [0.25, 0.3) is 0 Å². The van der Waals surface area contributed by atoms with Crippen LogP contribution in [0.15, 0.2) is 24.3 Å². The molecule has 8 heteroatoms. The second kappa shape index (κ2) is 7.51. The molecule has 0 atom stereocenters. The van der Waals surface area contributed by atoms with Gasteiger partial charge in [0.05, 0.1) is 6.42 Å². The smallest absolute Gasteiger partial charge is 0.347 e. The van der Waals surface area contributed by atoms with E-state index in [1.165, 1.54) is 0 Å². The number of anilines is 1. The van der Waals surface area contributed by atoms with E-state index < -0.39 is 18.6 Å². The molecule has 21 heavy (non-hydrogen) atoms. The molecule has 0 unspecified atom stereocenters. The minimum atomic E-state index is -4.42. The zero-order valence-electron chi connectivity index (χ0n) is 11.4. The third-order valence-corrected chi connectivity index (χ3v) is 2.40. The molecule has 0 bridgehead atoms. The Hall–Kier alpha value is -2.25. The first-order valence-corrected chi connectivity index (χ1v) is 6.27. The van der Waals surface area contributed by atoms with Gasteiger partial charge in [0.15, 0.2) is 0 Å². The summed E-state index contributed by atoms with van der Waals surface area (Å²) in [7, 11) is 0. The van der Waals surface area contributed by atoms with Crippen LogP contribution in [0.3, 0.4) is 0 Å². The molecule has 0 radical (unpaired) electrons. The summed E-state index contributed by atoms with van der Waals surface area (Å²) < 4.78 is 35.8. The average Bonchev–Trinajstić information content (AvgIpc) is 2.38. The van der Waals surface area contributed by atoms with Crippen molar-refractivity contribution in [3.8, 4) is 0 Å². The second-order valence-electron chi connectivity index (χ2n) is 4.25. The number of carbonyl (C=O) groups excluding carboxylic acids is 2. The molecule has 0 aliphatic rings. The highest BCUT2D eigenvalue weighted by Crippen LogP contribution is 2.13. The molecule has 3 N–H and O–H groups in total. The van der Waals surface area contributed by atoms with Crippen molar-refractivity contribution in [2.75, 3.05) is 18.4 Å². The van der Waals surface area contributed by atoms with Gasteiger partial charge in [0.2, 0.25) is 5.91 Å². The topological polar surface area (TPSA) is 70.2 Å². The number of hydrogen-bond acceptors (Lipinski definition) is 2. The van der Waals surface area contributed by atoms with Gasteiger partial charge < -0.3 is 16.0 Å². The molecular weight excluding hydrogens is 287 g/mol. The van der Waals surface area contributed by atoms with Gasteiger partial charge in [-0.3, -0.25) is 4.79 Å². The van der Waals surface area contributed by atoms with E-state index in [-0.39, 0.29) is 12.5 Å². The first-order chi connectivity index (χ1) is 9.80. The number of urea groups is 1. The van der Waals surface area contributed by atoms with E-state index >= 15 is 0 Å². The monoisotopic (exact) mass is 303 g/mol. The van der Waals surface area contributed by atoms with Crippen LogP contribution in [-0.4, -0.2) is 31.2 Å². The predicted octanol–water partition coefficient (Wildman–Crippen LogP) is 2.05. The Kier molecular flexibility index (Phi) is 6.01. The van der Waals surface area contributed by atoms with Crippen molar-refractivity contribution in [3.05, 3.63) is 29.8 Å². The molecule has 1 rings (SSSR count). The van der Waals surface area contributed by atoms with Gasteiger partial charge in [-0.1, -0.05) is 12.1 Å². The Bertz CT molecular complexity index is 486. The van der Waals surface area contributed by atoms with Crippen molar-refractivity contribution in [1.29, 1.82) is 0 Å². The standard InChI is InChI=1S/C13H16F3N3O2/c1-2-17-12(21)19-10-5-3-9(4-6-10)7-11(20)18-8-13(14,15)16/h3-6H,2,7-8H2,1H3,(H,18,20)(H2,17,19,21). The van der Waals surface area contributed by atoms with Crippen LogP contribution in [-0.2, 0) is 11.2 Å². The fourth-order valence-corrected chi connectivity index (χ4v) is 1.49. The molecular formula is C13H16F3N3O2.